The lowest BCUT2D eigenvalue weighted by molar-refractivity contribution is 0.282. The van der Waals surface area contributed by atoms with Gasteiger partial charge in [-0.25, -0.2) is 0 Å². The number of hydrogen-bond acceptors (Lipinski definition) is 3. The van der Waals surface area contributed by atoms with E-state index in [4.69, 9.17) is 21.1 Å². The smallest absolute Gasteiger partial charge is 0.175 e. The largest absolute Gasteiger partial charge is 0.493 e. The van der Waals surface area contributed by atoms with Crippen LogP contribution in [0.25, 0.3) is 0 Å². The van der Waals surface area contributed by atoms with Crippen molar-refractivity contribution in [3.8, 4) is 11.5 Å². The maximum absolute atomic E-state index is 5.96. The second-order valence-electron chi connectivity index (χ2n) is 6.38. The van der Waals surface area contributed by atoms with E-state index < -0.39 is 0 Å². The minimum atomic E-state index is 0.456. The number of ether oxygens (including phenoxy) is 2. The number of benzene rings is 2. The Kier molecular flexibility index (Phi) is 8.07. The molecule has 1 N–H and O–H groups in total. The van der Waals surface area contributed by atoms with Crippen LogP contribution in [-0.4, -0.2) is 13.7 Å². The molecule has 5 heteroatoms. The SMILES string of the molecule is COc1cc(CNCCC(C)C)cc(Br)c1OCc1ccc(Cl)cc1. The minimum absolute atomic E-state index is 0.456. The van der Waals surface area contributed by atoms with Crippen LogP contribution in [0.3, 0.4) is 0 Å². The fourth-order valence-electron chi connectivity index (χ4n) is 2.37. The monoisotopic (exact) mass is 425 g/mol. The molecular weight excluding hydrogens is 402 g/mol. The predicted molar refractivity (Wildman–Crippen MR) is 108 cm³/mol. The summed E-state index contributed by atoms with van der Waals surface area (Å²) in [5.41, 5.74) is 2.21. The zero-order valence-corrected chi connectivity index (χ0v) is 17.3. The fraction of sp³-hybridized carbons (Fsp3) is 0.400. The van der Waals surface area contributed by atoms with E-state index in [1.54, 1.807) is 7.11 Å². The first-order valence-electron chi connectivity index (χ1n) is 8.44. The van der Waals surface area contributed by atoms with E-state index in [2.05, 4.69) is 41.2 Å². The van der Waals surface area contributed by atoms with Gasteiger partial charge in [0.15, 0.2) is 11.5 Å². The topological polar surface area (TPSA) is 30.5 Å². The Hall–Kier alpha value is -1.23. The van der Waals surface area contributed by atoms with Gasteiger partial charge in [-0.15, -0.1) is 0 Å². The second-order valence-corrected chi connectivity index (χ2v) is 7.67. The minimum Gasteiger partial charge on any atom is -0.493 e. The highest BCUT2D eigenvalue weighted by atomic mass is 79.9. The molecule has 0 heterocycles. The molecular formula is C20H25BrClNO2. The van der Waals surface area contributed by atoms with Gasteiger partial charge in [0.2, 0.25) is 0 Å². The number of nitrogens with one attached hydrogen (secondary N) is 1. The summed E-state index contributed by atoms with van der Waals surface area (Å²) in [7, 11) is 1.66. The highest BCUT2D eigenvalue weighted by molar-refractivity contribution is 9.10. The average Bonchev–Trinajstić information content (AvgIpc) is 2.58. The predicted octanol–water partition coefficient (Wildman–Crippen LogP) is 5.83. The van der Waals surface area contributed by atoms with Gasteiger partial charge in [-0.2, -0.15) is 0 Å². The van der Waals surface area contributed by atoms with E-state index in [-0.39, 0.29) is 0 Å². The third kappa shape index (κ3) is 6.53. The van der Waals surface area contributed by atoms with Gasteiger partial charge >= 0.3 is 0 Å². The molecule has 0 aliphatic carbocycles. The van der Waals surface area contributed by atoms with Crippen molar-refractivity contribution in [1.82, 2.24) is 5.32 Å². The molecule has 0 spiro atoms. The van der Waals surface area contributed by atoms with Crippen molar-refractivity contribution >= 4 is 27.5 Å². The van der Waals surface area contributed by atoms with Crippen molar-refractivity contribution in [2.24, 2.45) is 5.92 Å². The Balaban J connectivity index is 2.01. The van der Waals surface area contributed by atoms with E-state index in [0.29, 0.717) is 18.3 Å². The lowest BCUT2D eigenvalue weighted by atomic mass is 10.1. The molecule has 0 bridgehead atoms. The summed E-state index contributed by atoms with van der Waals surface area (Å²) in [5, 5.41) is 4.18. The number of halogens is 2. The van der Waals surface area contributed by atoms with Crippen LogP contribution in [0.4, 0.5) is 0 Å². The van der Waals surface area contributed by atoms with Crippen molar-refractivity contribution < 1.29 is 9.47 Å². The lowest BCUT2D eigenvalue weighted by Gasteiger charge is -2.15. The maximum Gasteiger partial charge on any atom is 0.175 e. The van der Waals surface area contributed by atoms with Crippen LogP contribution in [0.1, 0.15) is 31.4 Å². The molecule has 3 nitrogen and oxygen atoms in total. The third-order valence-electron chi connectivity index (χ3n) is 3.81. The van der Waals surface area contributed by atoms with Crippen molar-refractivity contribution in [2.75, 3.05) is 13.7 Å². The summed E-state index contributed by atoms with van der Waals surface area (Å²) in [6, 6.07) is 11.7. The summed E-state index contributed by atoms with van der Waals surface area (Å²) >= 11 is 9.52. The quantitative estimate of drug-likeness (QED) is 0.512. The van der Waals surface area contributed by atoms with Crippen LogP contribution in [0.5, 0.6) is 11.5 Å². The zero-order chi connectivity index (χ0) is 18.2. The van der Waals surface area contributed by atoms with Gasteiger partial charge in [0.25, 0.3) is 0 Å². The Bertz CT molecular complexity index is 674. The van der Waals surface area contributed by atoms with Gasteiger partial charge in [-0.05, 0) is 70.2 Å². The molecule has 0 saturated heterocycles. The van der Waals surface area contributed by atoms with Gasteiger partial charge in [0, 0.05) is 11.6 Å². The molecule has 0 radical (unpaired) electrons. The van der Waals surface area contributed by atoms with Crippen LogP contribution in [-0.2, 0) is 13.2 Å². The zero-order valence-electron chi connectivity index (χ0n) is 14.9. The molecule has 0 aliphatic rings. The molecule has 0 aliphatic heterocycles. The summed E-state index contributed by atoms with van der Waals surface area (Å²) in [6.45, 7) is 6.73. The Morgan fingerprint density at radius 3 is 2.48 bits per heavy atom. The highest BCUT2D eigenvalue weighted by Gasteiger charge is 2.12. The molecule has 0 fully saturated rings. The second kappa shape index (κ2) is 10.0. The van der Waals surface area contributed by atoms with E-state index in [1.165, 1.54) is 6.42 Å². The standard InChI is InChI=1S/C20H25BrClNO2/c1-14(2)8-9-23-12-16-10-18(21)20(19(11-16)24-3)25-13-15-4-6-17(22)7-5-15/h4-7,10-11,14,23H,8-9,12-13H2,1-3H3. The molecule has 0 aromatic heterocycles. The Morgan fingerprint density at radius 2 is 1.84 bits per heavy atom. The van der Waals surface area contributed by atoms with E-state index >= 15 is 0 Å². The van der Waals surface area contributed by atoms with Crippen molar-refractivity contribution in [3.63, 3.8) is 0 Å². The van der Waals surface area contributed by atoms with E-state index in [9.17, 15) is 0 Å². The fourth-order valence-corrected chi connectivity index (χ4v) is 3.10. The van der Waals surface area contributed by atoms with Crippen LogP contribution >= 0.6 is 27.5 Å². The maximum atomic E-state index is 5.96. The molecule has 2 rings (SSSR count). The van der Waals surface area contributed by atoms with Gasteiger partial charge in [-0.3, -0.25) is 0 Å². The molecule has 0 amide bonds. The highest BCUT2D eigenvalue weighted by Crippen LogP contribution is 2.37. The van der Waals surface area contributed by atoms with Crippen LogP contribution < -0.4 is 14.8 Å². The number of hydrogen-bond donors (Lipinski definition) is 1. The van der Waals surface area contributed by atoms with Crippen LogP contribution in [0.15, 0.2) is 40.9 Å². The van der Waals surface area contributed by atoms with Gasteiger partial charge in [-0.1, -0.05) is 37.6 Å². The molecule has 0 unspecified atom stereocenters. The first-order valence-corrected chi connectivity index (χ1v) is 9.61. The molecule has 2 aromatic rings. The summed E-state index contributed by atoms with van der Waals surface area (Å²) in [4.78, 5) is 0. The Morgan fingerprint density at radius 1 is 1.12 bits per heavy atom. The van der Waals surface area contributed by atoms with E-state index in [0.717, 1.165) is 39.5 Å². The first-order chi connectivity index (χ1) is 12.0. The molecule has 0 saturated carbocycles. The van der Waals surface area contributed by atoms with E-state index in [1.807, 2.05) is 30.3 Å². The lowest BCUT2D eigenvalue weighted by Crippen LogP contribution is -2.16. The summed E-state index contributed by atoms with van der Waals surface area (Å²) < 4.78 is 12.4. The summed E-state index contributed by atoms with van der Waals surface area (Å²) in [5.74, 6) is 2.14. The molecule has 25 heavy (non-hydrogen) atoms. The first kappa shape index (κ1) is 20.1. The number of methoxy groups -OCH3 is 1. The van der Waals surface area contributed by atoms with Crippen LogP contribution in [0.2, 0.25) is 5.02 Å². The average molecular weight is 427 g/mol. The van der Waals surface area contributed by atoms with Crippen LogP contribution in [0, 0.1) is 5.92 Å². The molecule has 0 atom stereocenters. The van der Waals surface area contributed by atoms with Crippen molar-refractivity contribution in [2.45, 2.75) is 33.4 Å². The van der Waals surface area contributed by atoms with Gasteiger partial charge < -0.3 is 14.8 Å². The summed E-state index contributed by atoms with van der Waals surface area (Å²) in [6.07, 6.45) is 1.17. The van der Waals surface area contributed by atoms with Gasteiger partial charge in [0.1, 0.15) is 6.61 Å². The Labute approximate surface area is 163 Å². The normalized spacial score (nSPS) is 11.0. The van der Waals surface area contributed by atoms with Gasteiger partial charge in [0.05, 0.1) is 11.6 Å². The van der Waals surface area contributed by atoms with Crippen molar-refractivity contribution in [1.29, 1.82) is 0 Å². The molecule has 2 aromatic carbocycles. The number of rotatable bonds is 9. The molecule has 136 valence electrons. The third-order valence-corrected chi connectivity index (χ3v) is 4.65. The van der Waals surface area contributed by atoms with Crippen molar-refractivity contribution in [3.05, 3.63) is 57.0 Å².